The largest absolute Gasteiger partial charge is 0.370 e. The topological polar surface area (TPSA) is 71.1 Å². The summed E-state index contributed by atoms with van der Waals surface area (Å²) < 4.78 is 39.9. The van der Waals surface area contributed by atoms with Crippen LogP contribution in [0.5, 0.6) is 0 Å². The van der Waals surface area contributed by atoms with Gasteiger partial charge >= 0.3 is 0 Å². The third-order valence-corrected chi connectivity index (χ3v) is 5.67. The molecule has 138 valence electrons. The van der Waals surface area contributed by atoms with Crippen LogP contribution in [0.15, 0.2) is 59.1 Å². The van der Waals surface area contributed by atoms with Crippen LogP contribution in [0, 0.1) is 5.82 Å². The van der Waals surface area contributed by atoms with Gasteiger partial charge in [0.1, 0.15) is 11.6 Å². The quantitative estimate of drug-likeness (QED) is 0.707. The predicted molar refractivity (Wildman–Crippen MR) is 101 cm³/mol. The summed E-state index contributed by atoms with van der Waals surface area (Å²) in [6.07, 6.45) is 9.70. The molecular formula is C19H22FN3O2S. The van der Waals surface area contributed by atoms with Crippen LogP contribution in [0.4, 0.5) is 15.9 Å². The van der Waals surface area contributed by atoms with E-state index >= 15 is 0 Å². The lowest BCUT2D eigenvalue weighted by atomic mass is 9.97. The molecule has 1 aromatic heterocycles. The number of hydrogen-bond donors (Lipinski definition) is 2. The molecule has 5 nitrogen and oxygen atoms in total. The van der Waals surface area contributed by atoms with Crippen molar-refractivity contribution in [2.24, 2.45) is 0 Å². The van der Waals surface area contributed by atoms with Crippen molar-refractivity contribution in [2.75, 3.05) is 16.6 Å². The van der Waals surface area contributed by atoms with Crippen molar-refractivity contribution < 1.29 is 12.8 Å². The highest BCUT2D eigenvalue weighted by molar-refractivity contribution is 7.92. The van der Waals surface area contributed by atoms with E-state index in [1.807, 2.05) is 0 Å². The summed E-state index contributed by atoms with van der Waals surface area (Å²) in [5.74, 6) is 0.219. The van der Waals surface area contributed by atoms with Gasteiger partial charge in [0, 0.05) is 6.54 Å². The van der Waals surface area contributed by atoms with Crippen molar-refractivity contribution in [2.45, 2.75) is 37.0 Å². The standard InChI is InChI=1S/C19H22FN3O2S/c20-16-6-9-18(10-7-16)26(24,25)23-17-8-11-19(22-14-17)21-13-12-15-4-2-1-3-5-15/h4,6-11,14,23H,1-3,5,12-13H2,(H,21,22). The zero-order chi connectivity index (χ0) is 18.4. The highest BCUT2D eigenvalue weighted by Crippen LogP contribution is 2.20. The molecule has 2 N–H and O–H groups in total. The fraction of sp³-hybridized carbons (Fsp3) is 0.316. The first-order chi connectivity index (χ1) is 12.5. The Kier molecular flexibility index (Phi) is 5.88. The molecule has 0 unspecified atom stereocenters. The molecule has 3 rings (SSSR count). The zero-order valence-corrected chi connectivity index (χ0v) is 15.2. The van der Waals surface area contributed by atoms with Gasteiger partial charge in [0.15, 0.2) is 0 Å². The summed E-state index contributed by atoms with van der Waals surface area (Å²) in [5, 5.41) is 3.25. The molecule has 0 atom stereocenters. The van der Waals surface area contributed by atoms with Gasteiger partial charge in [-0.3, -0.25) is 4.72 Å². The maximum absolute atomic E-state index is 12.9. The Morgan fingerprint density at radius 2 is 1.88 bits per heavy atom. The Morgan fingerprint density at radius 1 is 1.08 bits per heavy atom. The lowest BCUT2D eigenvalue weighted by molar-refractivity contribution is 0.599. The van der Waals surface area contributed by atoms with Crippen LogP contribution >= 0.6 is 0 Å². The van der Waals surface area contributed by atoms with Crippen LogP contribution in [0.2, 0.25) is 0 Å². The van der Waals surface area contributed by atoms with E-state index in [9.17, 15) is 12.8 Å². The third kappa shape index (κ3) is 5.05. The average molecular weight is 375 g/mol. The minimum absolute atomic E-state index is 0.00172. The number of rotatable bonds is 7. The third-order valence-electron chi connectivity index (χ3n) is 4.28. The Hall–Kier alpha value is -2.41. The second-order valence-electron chi connectivity index (χ2n) is 6.28. The maximum atomic E-state index is 12.9. The van der Waals surface area contributed by atoms with Crippen molar-refractivity contribution in [3.05, 3.63) is 60.1 Å². The fourth-order valence-corrected chi connectivity index (χ4v) is 3.91. The number of anilines is 2. The molecule has 2 aromatic rings. The van der Waals surface area contributed by atoms with Crippen molar-refractivity contribution in [3.63, 3.8) is 0 Å². The number of allylic oxidation sites excluding steroid dienone is 1. The number of sulfonamides is 1. The molecule has 0 amide bonds. The molecule has 0 saturated carbocycles. The smallest absolute Gasteiger partial charge is 0.261 e. The minimum Gasteiger partial charge on any atom is -0.370 e. The van der Waals surface area contributed by atoms with E-state index < -0.39 is 15.8 Å². The number of pyridine rings is 1. The molecule has 7 heteroatoms. The first kappa shape index (κ1) is 18.4. The number of aromatic nitrogens is 1. The fourth-order valence-electron chi connectivity index (χ4n) is 2.87. The molecule has 1 aliphatic carbocycles. The van der Waals surface area contributed by atoms with E-state index in [1.54, 1.807) is 12.1 Å². The summed E-state index contributed by atoms with van der Waals surface area (Å²) in [4.78, 5) is 4.24. The van der Waals surface area contributed by atoms with Crippen LogP contribution in [0.1, 0.15) is 32.1 Å². The molecule has 0 aliphatic heterocycles. The number of hydrogen-bond acceptors (Lipinski definition) is 4. The molecule has 0 radical (unpaired) electrons. The highest BCUT2D eigenvalue weighted by Gasteiger charge is 2.14. The molecular weight excluding hydrogens is 353 g/mol. The van der Waals surface area contributed by atoms with Gasteiger partial charge in [0.25, 0.3) is 10.0 Å². The Balaban J connectivity index is 1.55. The zero-order valence-electron chi connectivity index (χ0n) is 14.4. The van der Waals surface area contributed by atoms with E-state index in [4.69, 9.17) is 0 Å². The van der Waals surface area contributed by atoms with Gasteiger partial charge in [0.2, 0.25) is 0 Å². The number of nitrogens with zero attached hydrogens (tertiary/aromatic N) is 1. The number of halogens is 1. The van der Waals surface area contributed by atoms with Crippen molar-refractivity contribution in [1.29, 1.82) is 0 Å². The van der Waals surface area contributed by atoms with Gasteiger partial charge in [-0.25, -0.2) is 17.8 Å². The lowest BCUT2D eigenvalue weighted by Crippen LogP contribution is -2.13. The van der Waals surface area contributed by atoms with Crippen molar-refractivity contribution in [1.82, 2.24) is 4.98 Å². The molecule has 0 fully saturated rings. The number of benzene rings is 1. The first-order valence-electron chi connectivity index (χ1n) is 8.69. The lowest BCUT2D eigenvalue weighted by Gasteiger charge is -2.13. The van der Waals surface area contributed by atoms with Crippen LogP contribution in [-0.2, 0) is 10.0 Å². The summed E-state index contributed by atoms with van der Waals surface area (Å²) in [6.45, 7) is 0.805. The molecule has 0 bridgehead atoms. The number of nitrogens with one attached hydrogen (secondary N) is 2. The van der Waals surface area contributed by atoms with Gasteiger partial charge < -0.3 is 5.32 Å². The Bertz CT molecular complexity index is 863. The van der Waals surface area contributed by atoms with Crippen LogP contribution < -0.4 is 10.0 Å². The van der Waals surface area contributed by atoms with Crippen molar-refractivity contribution >= 4 is 21.5 Å². The van der Waals surface area contributed by atoms with E-state index in [0.29, 0.717) is 11.5 Å². The van der Waals surface area contributed by atoms with E-state index in [1.165, 1.54) is 49.6 Å². The molecule has 26 heavy (non-hydrogen) atoms. The highest BCUT2D eigenvalue weighted by atomic mass is 32.2. The van der Waals surface area contributed by atoms with E-state index in [2.05, 4.69) is 21.1 Å². The van der Waals surface area contributed by atoms with Gasteiger partial charge in [0.05, 0.1) is 16.8 Å². The second kappa shape index (κ2) is 8.31. The second-order valence-corrected chi connectivity index (χ2v) is 7.96. The van der Waals surface area contributed by atoms with Crippen LogP contribution in [0.3, 0.4) is 0 Å². The summed E-state index contributed by atoms with van der Waals surface area (Å²) in [6, 6.07) is 8.05. The maximum Gasteiger partial charge on any atom is 0.261 e. The average Bonchev–Trinajstić information content (AvgIpc) is 2.64. The summed E-state index contributed by atoms with van der Waals surface area (Å²) in [7, 11) is -3.76. The van der Waals surface area contributed by atoms with E-state index in [-0.39, 0.29) is 4.90 Å². The van der Waals surface area contributed by atoms with Gasteiger partial charge in [-0.2, -0.15) is 0 Å². The Morgan fingerprint density at radius 3 is 2.54 bits per heavy atom. The van der Waals surface area contributed by atoms with Crippen LogP contribution in [-0.4, -0.2) is 19.9 Å². The van der Waals surface area contributed by atoms with Crippen LogP contribution in [0.25, 0.3) is 0 Å². The SMILES string of the molecule is O=S(=O)(Nc1ccc(NCCC2=CCCCC2)nc1)c1ccc(F)cc1. The van der Waals surface area contributed by atoms with Gasteiger partial charge in [-0.15, -0.1) is 0 Å². The van der Waals surface area contributed by atoms with Gasteiger partial charge in [-0.1, -0.05) is 11.6 Å². The van der Waals surface area contributed by atoms with E-state index in [0.717, 1.165) is 25.1 Å². The predicted octanol–water partition coefficient (Wildman–Crippen LogP) is 4.32. The monoisotopic (exact) mass is 375 g/mol. The normalized spacial score (nSPS) is 14.6. The molecule has 1 heterocycles. The molecule has 1 aromatic carbocycles. The van der Waals surface area contributed by atoms with Gasteiger partial charge in [-0.05, 0) is 68.5 Å². The molecule has 0 spiro atoms. The summed E-state index contributed by atoms with van der Waals surface area (Å²) >= 11 is 0. The Labute approximate surface area is 153 Å². The van der Waals surface area contributed by atoms with Crippen molar-refractivity contribution in [3.8, 4) is 0 Å². The summed E-state index contributed by atoms with van der Waals surface area (Å²) in [5.41, 5.74) is 1.85. The first-order valence-corrected chi connectivity index (χ1v) is 10.2. The minimum atomic E-state index is -3.76. The molecule has 0 saturated heterocycles. The molecule has 1 aliphatic rings.